The highest BCUT2D eigenvalue weighted by molar-refractivity contribution is 5.72. The summed E-state index contributed by atoms with van der Waals surface area (Å²) in [5.74, 6) is -0.0755. The molecule has 1 rings (SSSR count). The maximum Gasteiger partial charge on any atom is 0.309 e. The van der Waals surface area contributed by atoms with E-state index in [1.54, 1.807) is 18.2 Å². The molecule has 0 atom stereocenters. The monoisotopic (exact) mass is 209 g/mol. The van der Waals surface area contributed by atoms with Gasteiger partial charge in [0, 0.05) is 0 Å². The molecule has 4 nitrogen and oxygen atoms in total. The van der Waals surface area contributed by atoms with E-state index in [4.69, 9.17) is 5.73 Å². The van der Waals surface area contributed by atoms with E-state index >= 15 is 0 Å². The van der Waals surface area contributed by atoms with E-state index in [9.17, 15) is 9.90 Å². The second-order valence-electron chi connectivity index (χ2n) is 3.25. The highest BCUT2D eigenvalue weighted by Gasteiger charge is 2.06. The number of hydrogen-bond donors (Lipinski definition) is 2. The highest BCUT2D eigenvalue weighted by atomic mass is 16.5. The Morgan fingerprint density at radius 1 is 1.53 bits per heavy atom. The lowest BCUT2D eigenvalue weighted by Gasteiger charge is -2.06. The van der Waals surface area contributed by atoms with Crippen molar-refractivity contribution in [2.45, 2.75) is 12.8 Å². The summed E-state index contributed by atoms with van der Waals surface area (Å²) in [6, 6.07) is 5.05. The van der Waals surface area contributed by atoms with Gasteiger partial charge in [0.05, 0.1) is 13.5 Å². The number of phenolic OH excluding ortho intramolecular Hbond substituents is 1. The topological polar surface area (TPSA) is 72.5 Å². The van der Waals surface area contributed by atoms with Gasteiger partial charge < -0.3 is 15.6 Å². The number of hydrogen-bond acceptors (Lipinski definition) is 4. The lowest BCUT2D eigenvalue weighted by atomic mass is 10.0. The van der Waals surface area contributed by atoms with E-state index in [1.807, 2.05) is 0 Å². The van der Waals surface area contributed by atoms with E-state index in [2.05, 4.69) is 4.74 Å². The van der Waals surface area contributed by atoms with Crippen LogP contribution in [0.15, 0.2) is 18.2 Å². The van der Waals surface area contributed by atoms with Crippen LogP contribution in [0.3, 0.4) is 0 Å². The molecule has 0 aromatic heterocycles. The number of benzene rings is 1. The van der Waals surface area contributed by atoms with Crippen molar-refractivity contribution < 1.29 is 14.6 Å². The molecule has 1 aromatic rings. The summed E-state index contributed by atoms with van der Waals surface area (Å²) in [4.78, 5) is 11.0. The number of esters is 1. The van der Waals surface area contributed by atoms with E-state index < -0.39 is 0 Å². The van der Waals surface area contributed by atoms with Crippen molar-refractivity contribution in [3.63, 3.8) is 0 Å². The molecular formula is C11H15NO3. The van der Waals surface area contributed by atoms with Crippen LogP contribution in [0.1, 0.15) is 11.1 Å². The van der Waals surface area contributed by atoms with Crippen LogP contribution in [0, 0.1) is 0 Å². The van der Waals surface area contributed by atoms with Gasteiger partial charge in [0.2, 0.25) is 0 Å². The van der Waals surface area contributed by atoms with Crippen LogP contribution in [0.5, 0.6) is 5.75 Å². The third-order valence-corrected chi connectivity index (χ3v) is 2.13. The molecule has 1 aromatic carbocycles. The Hall–Kier alpha value is -1.55. The zero-order valence-electron chi connectivity index (χ0n) is 8.69. The van der Waals surface area contributed by atoms with E-state index in [0.717, 1.165) is 11.1 Å². The number of ether oxygens (including phenoxy) is 1. The van der Waals surface area contributed by atoms with Gasteiger partial charge in [-0.3, -0.25) is 4.79 Å². The van der Waals surface area contributed by atoms with E-state index in [-0.39, 0.29) is 18.1 Å². The third kappa shape index (κ3) is 3.25. The molecule has 3 N–H and O–H groups in total. The fourth-order valence-corrected chi connectivity index (χ4v) is 1.34. The molecule has 0 aliphatic heterocycles. The van der Waals surface area contributed by atoms with Gasteiger partial charge in [-0.1, -0.05) is 12.1 Å². The number of carbonyl (C=O) groups is 1. The Balaban J connectivity index is 2.82. The molecule has 0 fully saturated rings. The molecule has 0 saturated heterocycles. The first kappa shape index (κ1) is 11.5. The minimum Gasteiger partial charge on any atom is -0.508 e. The molecule has 15 heavy (non-hydrogen) atoms. The molecule has 4 heteroatoms. The minimum absolute atomic E-state index is 0.217. The second-order valence-corrected chi connectivity index (χ2v) is 3.25. The maximum atomic E-state index is 11.0. The first-order chi connectivity index (χ1) is 7.17. The Labute approximate surface area is 88.7 Å². The van der Waals surface area contributed by atoms with Gasteiger partial charge in [-0.15, -0.1) is 0 Å². The fraction of sp³-hybridized carbons (Fsp3) is 0.364. The lowest BCUT2D eigenvalue weighted by molar-refractivity contribution is -0.139. The molecule has 0 aliphatic carbocycles. The summed E-state index contributed by atoms with van der Waals surface area (Å²) in [5, 5.41) is 9.49. The van der Waals surface area contributed by atoms with Crippen molar-refractivity contribution in [3.05, 3.63) is 29.3 Å². The standard InChI is InChI=1S/C11H15NO3/c1-15-11(14)7-8-2-3-10(13)9(6-8)4-5-12/h2-3,6,13H,4-5,7,12H2,1H3. The smallest absolute Gasteiger partial charge is 0.309 e. The van der Waals surface area contributed by atoms with Crippen molar-refractivity contribution in [2.24, 2.45) is 5.73 Å². The van der Waals surface area contributed by atoms with Crippen molar-refractivity contribution >= 4 is 5.97 Å². The summed E-state index contributed by atoms with van der Waals surface area (Å²) >= 11 is 0. The molecule has 0 amide bonds. The average molecular weight is 209 g/mol. The third-order valence-electron chi connectivity index (χ3n) is 2.13. The van der Waals surface area contributed by atoms with Crippen molar-refractivity contribution in [1.29, 1.82) is 0 Å². The Kier molecular flexibility index (Phi) is 4.12. The van der Waals surface area contributed by atoms with Crippen LogP contribution in [0.25, 0.3) is 0 Å². The van der Waals surface area contributed by atoms with Gasteiger partial charge >= 0.3 is 5.97 Å². The summed E-state index contributed by atoms with van der Waals surface area (Å²) in [6.45, 7) is 0.467. The number of phenols is 1. The van der Waals surface area contributed by atoms with Crippen LogP contribution in [-0.4, -0.2) is 24.7 Å². The number of nitrogens with two attached hydrogens (primary N) is 1. The summed E-state index contributed by atoms with van der Waals surface area (Å²) in [6.07, 6.45) is 0.815. The van der Waals surface area contributed by atoms with Crippen LogP contribution >= 0.6 is 0 Å². The number of aromatic hydroxyl groups is 1. The van der Waals surface area contributed by atoms with Gasteiger partial charge in [0.1, 0.15) is 5.75 Å². The molecule has 0 heterocycles. The minimum atomic E-state index is -0.292. The molecule has 0 unspecified atom stereocenters. The number of methoxy groups -OCH3 is 1. The van der Waals surface area contributed by atoms with Crippen LogP contribution in [-0.2, 0) is 22.4 Å². The van der Waals surface area contributed by atoms with Crippen molar-refractivity contribution in [2.75, 3.05) is 13.7 Å². The first-order valence-corrected chi connectivity index (χ1v) is 4.75. The second kappa shape index (κ2) is 5.36. The molecule has 0 spiro atoms. The Bertz CT molecular complexity index is 350. The number of rotatable bonds is 4. The fourth-order valence-electron chi connectivity index (χ4n) is 1.34. The van der Waals surface area contributed by atoms with Crippen LogP contribution in [0.4, 0.5) is 0 Å². The zero-order chi connectivity index (χ0) is 11.3. The van der Waals surface area contributed by atoms with Crippen molar-refractivity contribution in [3.8, 4) is 5.75 Å². The van der Waals surface area contributed by atoms with Crippen molar-refractivity contribution in [1.82, 2.24) is 0 Å². The number of carbonyl (C=O) groups excluding carboxylic acids is 1. The van der Waals surface area contributed by atoms with Gasteiger partial charge in [0.15, 0.2) is 0 Å². The molecular weight excluding hydrogens is 194 g/mol. The zero-order valence-corrected chi connectivity index (χ0v) is 8.69. The lowest BCUT2D eigenvalue weighted by Crippen LogP contribution is -2.06. The molecule has 0 bridgehead atoms. The predicted octanol–water partition coefficient (Wildman–Crippen LogP) is 0.609. The predicted molar refractivity (Wildman–Crippen MR) is 56.6 cm³/mol. The SMILES string of the molecule is COC(=O)Cc1ccc(O)c(CCN)c1. The summed E-state index contributed by atoms with van der Waals surface area (Å²) < 4.78 is 4.56. The van der Waals surface area contributed by atoms with E-state index in [0.29, 0.717) is 13.0 Å². The van der Waals surface area contributed by atoms with Crippen LogP contribution < -0.4 is 5.73 Å². The van der Waals surface area contributed by atoms with Gasteiger partial charge in [-0.25, -0.2) is 0 Å². The quantitative estimate of drug-likeness (QED) is 0.712. The van der Waals surface area contributed by atoms with E-state index in [1.165, 1.54) is 7.11 Å². The van der Waals surface area contributed by atoms with Gasteiger partial charge in [-0.2, -0.15) is 0 Å². The van der Waals surface area contributed by atoms with Gasteiger partial charge in [0.25, 0.3) is 0 Å². The average Bonchev–Trinajstić information content (AvgIpc) is 2.23. The largest absolute Gasteiger partial charge is 0.508 e. The molecule has 0 aliphatic rings. The Morgan fingerprint density at radius 2 is 2.27 bits per heavy atom. The molecule has 0 radical (unpaired) electrons. The van der Waals surface area contributed by atoms with Gasteiger partial charge in [-0.05, 0) is 30.2 Å². The van der Waals surface area contributed by atoms with Crippen LogP contribution in [0.2, 0.25) is 0 Å². The maximum absolute atomic E-state index is 11.0. The molecule has 82 valence electrons. The Morgan fingerprint density at radius 3 is 2.87 bits per heavy atom. The summed E-state index contributed by atoms with van der Waals surface area (Å²) in [7, 11) is 1.35. The summed E-state index contributed by atoms with van der Waals surface area (Å²) in [5.41, 5.74) is 6.99. The normalized spacial score (nSPS) is 10.0. The highest BCUT2D eigenvalue weighted by Crippen LogP contribution is 2.19. The first-order valence-electron chi connectivity index (χ1n) is 4.75. The molecule has 0 saturated carbocycles.